The first-order valence-electron chi connectivity index (χ1n) is 10.1. The third-order valence-electron chi connectivity index (χ3n) is 5.47. The number of carbonyl (C=O) groups is 1. The summed E-state index contributed by atoms with van der Waals surface area (Å²) in [7, 11) is 1.65. The number of fused-ring (bicyclic) bond motifs is 1. The Bertz CT molecular complexity index is 748. The SMILES string of the molecule is COC1CN(CCC(O)O)CC[C@H]1CNC(=O)c1cc(Cl)c(Cl)c2c1OCCCO2. The maximum atomic E-state index is 12.9. The molecule has 3 N–H and O–H groups in total. The number of benzene rings is 1. The van der Waals surface area contributed by atoms with Gasteiger partial charge in [0, 0.05) is 45.5 Å². The van der Waals surface area contributed by atoms with Gasteiger partial charge >= 0.3 is 0 Å². The van der Waals surface area contributed by atoms with Gasteiger partial charge in [0.25, 0.3) is 5.91 Å². The lowest BCUT2D eigenvalue weighted by atomic mass is 9.93. The van der Waals surface area contributed by atoms with Gasteiger partial charge in [-0.3, -0.25) is 4.79 Å². The smallest absolute Gasteiger partial charge is 0.255 e. The topological polar surface area (TPSA) is 100 Å². The van der Waals surface area contributed by atoms with Crippen LogP contribution in [0.2, 0.25) is 10.0 Å². The molecule has 1 amide bonds. The van der Waals surface area contributed by atoms with E-state index in [1.54, 1.807) is 7.11 Å². The molecule has 0 saturated carbocycles. The molecule has 0 aromatic heterocycles. The van der Waals surface area contributed by atoms with Crippen molar-refractivity contribution in [3.8, 4) is 11.5 Å². The first-order chi connectivity index (χ1) is 14.4. The molecule has 1 unspecified atom stereocenters. The summed E-state index contributed by atoms with van der Waals surface area (Å²) < 4.78 is 17.0. The largest absolute Gasteiger partial charge is 0.489 e. The van der Waals surface area contributed by atoms with Crippen LogP contribution in [0.3, 0.4) is 0 Å². The van der Waals surface area contributed by atoms with E-state index in [0.29, 0.717) is 62.8 Å². The minimum atomic E-state index is -1.31. The number of aliphatic hydroxyl groups is 2. The Morgan fingerprint density at radius 2 is 2.07 bits per heavy atom. The minimum absolute atomic E-state index is 0.0691. The van der Waals surface area contributed by atoms with Crippen LogP contribution in [-0.2, 0) is 4.74 Å². The zero-order chi connectivity index (χ0) is 21.7. The molecule has 0 spiro atoms. The number of halogens is 2. The Morgan fingerprint density at radius 3 is 2.77 bits per heavy atom. The number of methoxy groups -OCH3 is 1. The molecular weight excluding hydrogens is 435 g/mol. The number of nitrogens with one attached hydrogen (secondary N) is 1. The Kier molecular flexibility index (Phi) is 8.44. The number of hydrogen-bond donors (Lipinski definition) is 3. The fraction of sp³-hybridized carbons (Fsp3) is 0.650. The van der Waals surface area contributed by atoms with Crippen LogP contribution in [0, 0.1) is 5.92 Å². The second-order valence-electron chi connectivity index (χ2n) is 7.53. The summed E-state index contributed by atoms with van der Waals surface area (Å²) in [4.78, 5) is 15.1. The number of ether oxygens (including phenoxy) is 3. The van der Waals surface area contributed by atoms with Gasteiger partial charge in [-0.15, -0.1) is 0 Å². The lowest BCUT2D eigenvalue weighted by Crippen LogP contribution is -2.49. The van der Waals surface area contributed by atoms with Gasteiger partial charge < -0.3 is 34.6 Å². The summed E-state index contributed by atoms with van der Waals surface area (Å²) >= 11 is 12.4. The molecule has 2 heterocycles. The van der Waals surface area contributed by atoms with Gasteiger partial charge in [-0.05, 0) is 19.0 Å². The van der Waals surface area contributed by atoms with Crippen LogP contribution >= 0.6 is 23.2 Å². The molecule has 2 aliphatic heterocycles. The van der Waals surface area contributed by atoms with Gasteiger partial charge in [0.2, 0.25) is 0 Å². The third kappa shape index (κ3) is 5.69. The van der Waals surface area contributed by atoms with Crippen molar-refractivity contribution in [2.24, 2.45) is 5.92 Å². The highest BCUT2D eigenvalue weighted by atomic mass is 35.5. The van der Waals surface area contributed by atoms with E-state index < -0.39 is 6.29 Å². The number of rotatable bonds is 7. The average molecular weight is 463 g/mol. The van der Waals surface area contributed by atoms with Gasteiger partial charge in [-0.2, -0.15) is 0 Å². The molecule has 2 atom stereocenters. The van der Waals surface area contributed by atoms with E-state index in [0.717, 1.165) is 13.0 Å². The molecule has 10 heteroatoms. The van der Waals surface area contributed by atoms with Crippen LogP contribution < -0.4 is 14.8 Å². The first kappa shape index (κ1) is 23.4. The van der Waals surface area contributed by atoms with Crippen molar-refractivity contribution in [1.29, 1.82) is 0 Å². The number of nitrogens with zero attached hydrogens (tertiary/aromatic N) is 1. The normalized spacial score (nSPS) is 22.1. The second-order valence-corrected chi connectivity index (χ2v) is 8.32. The van der Waals surface area contributed by atoms with Crippen LogP contribution in [0.4, 0.5) is 0 Å². The lowest BCUT2D eigenvalue weighted by molar-refractivity contribution is -0.0601. The van der Waals surface area contributed by atoms with E-state index in [9.17, 15) is 4.79 Å². The van der Waals surface area contributed by atoms with Crippen LogP contribution in [0.5, 0.6) is 11.5 Å². The molecule has 0 radical (unpaired) electrons. The van der Waals surface area contributed by atoms with Crippen molar-refractivity contribution in [3.63, 3.8) is 0 Å². The monoisotopic (exact) mass is 462 g/mol. The van der Waals surface area contributed by atoms with Crippen molar-refractivity contribution in [3.05, 3.63) is 21.7 Å². The van der Waals surface area contributed by atoms with Gasteiger partial charge in [0.15, 0.2) is 17.8 Å². The van der Waals surface area contributed by atoms with Crippen molar-refractivity contribution in [2.75, 3.05) is 46.5 Å². The number of carbonyl (C=O) groups excluding carboxylic acids is 1. The van der Waals surface area contributed by atoms with Gasteiger partial charge in [-0.1, -0.05) is 23.2 Å². The van der Waals surface area contributed by atoms with Crippen LogP contribution in [-0.4, -0.2) is 79.9 Å². The maximum absolute atomic E-state index is 12.9. The van der Waals surface area contributed by atoms with E-state index in [1.807, 2.05) is 0 Å². The van der Waals surface area contributed by atoms with E-state index in [2.05, 4.69) is 10.2 Å². The van der Waals surface area contributed by atoms with E-state index >= 15 is 0 Å². The minimum Gasteiger partial charge on any atom is -0.489 e. The second kappa shape index (κ2) is 10.8. The maximum Gasteiger partial charge on any atom is 0.255 e. The van der Waals surface area contributed by atoms with Crippen LogP contribution in [0.15, 0.2) is 6.07 Å². The number of likely N-dealkylation sites (tertiary alicyclic amines) is 1. The lowest BCUT2D eigenvalue weighted by Gasteiger charge is -2.38. The zero-order valence-electron chi connectivity index (χ0n) is 16.9. The molecule has 1 aromatic carbocycles. The number of hydrogen-bond acceptors (Lipinski definition) is 7. The summed E-state index contributed by atoms with van der Waals surface area (Å²) in [6, 6.07) is 1.50. The molecule has 0 aliphatic carbocycles. The molecule has 8 nitrogen and oxygen atoms in total. The van der Waals surface area contributed by atoms with Crippen molar-refractivity contribution in [1.82, 2.24) is 10.2 Å². The predicted molar refractivity (Wildman–Crippen MR) is 113 cm³/mol. The molecule has 1 aromatic rings. The van der Waals surface area contributed by atoms with Gasteiger partial charge in [-0.25, -0.2) is 0 Å². The first-order valence-corrected chi connectivity index (χ1v) is 10.8. The number of piperidine rings is 1. The Labute approximate surface area is 186 Å². The highest BCUT2D eigenvalue weighted by Crippen LogP contribution is 2.44. The van der Waals surface area contributed by atoms with Gasteiger partial charge in [0.1, 0.15) is 5.02 Å². The summed E-state index contributed by atoms with van der Waals surface area (Å²) in [6.07, 6.45) is 0.420. The zero-order valence-corrected chi connectivity index (χ0v) is 18.4. The summed E-state index contributed by atoms with van der Waals surface area (Å²) in [5.74, 6) is 0.449. The van der Waals surface area contributed by atoms with Gasteiger partial charge in [0.05, 0.1) is 29.9 Å². The van der Waals surface area contributed by atoms with Crippen molar-refractivity contribution >= 4 is 29.1 Å². The van der Waals surface area contributed by atoms with E-state index in [-0.39, 0.29) is 28.0 Å². The Balaban J connectivity index is 1.64. The van der Waals surface area contributed by atoms with E-state index in [4.69, 9.17) is 47.6 Å². The average Bonchev–Trinajstić information content (AvgIpc) is 2.99. The molecule has 1 fully saturated rings. The molecular formula is C20H28Cl2N2O6. The Morgan fingerprint density at radius 1 is 1.33 bits per heavy atom. The summed E-state index contributed by atoms with van der Waals surface area (Å²) in [5, 5.41) is 21.6. The third-order valence-corrected chi connectivity index (χ3v) is 6.24. The van der Waals surface area contributed by atoms with E-state index in [1.165, 1.54) is 6.07 Å². The highest BCUT2D eigenvalue weighted by Gasteiger charge is 2.31. The fourth-order valence-electron chi connectivity index (χ4n) is 3.78. The van der Waals surface area contributed by atoms with Crippen LogP contribution in [0.1, 0.15) is 29.6 Å². The molecule has 3 rings (SSSR count). The Hall–Kier alpha value is -1.29. The fourth-order valence-corrected chi connectivity index (χ4v) is 4.17. The molecule has 168 valence electrons. The quantitative estimate of drug-likeness (QED) is 0.532. The molecule has 2 aliphatic rings. The number of amides is 1. The summed E-state index contributed by atoms with van der Waals surface area (Å²) in [5.41, 5.74) is 0.296. The molecule has 0 bridgehead atoms. The van der Waals surface area contributed by atoms with Crippen molar-refractivity contribution in [2.45, 2.75) is 31.7 Å². The standard InChI is InChI=1S/C20H28Cl2N2O6/c1-28-15-11-24(6-4-16(25)26)5-3-12(15)10-23-20(27)13-9-14(21)17(22)19-18(13)29-7-2-8-30-19/h9,12,15-16,25-26H,2-8,10-11H2,1H3,(H,23,27)/t12-,15?/m0/s1. The number of aliphatic hydroxyl groups excluding tert-OH is 1. The summed E-state index contributed by atoms with van der Waals surface area (Å²) in [6.45, 7) is 3.36. The molecule has 30 heavy (non-hydrogen) atoms. The van der Waals surface area contributed by atoms with Crippen LogP contribution in [0.25, 0.3) is 0 Å². The van der Waals surface area contributed by atoms with Crippen molar-refractivity contribution < 1.29 is 29.2 Å². The predicted octanol–water partition coefficient (Wildman–Crippen LogP) is 1.92. The molecule has 1 saturated heterocycles. The highest BCUT2D eigenvalue weighted by molar-refractivity contribution is 6.43.